The van der Waals surface area contributed by atoms with Crippen LogP contribution in [-0.4, -0.2) is 78.7 Å². The minimum absolute atomic E-state index is 0.0604. The molecule has 0 saturated carbocycles. The van der Waals surface area contributed by atoms with Crippen LogP contribution in [0.4, 0.5) is 5.82 Å². The number of carbonyl (C=O) groups excluding carboxylic acids is 1. The van der Waals surface area contributed by atoms with Gasteiger partial charge in [0.2, 0.25) is 15.9 Å². The zero-order chi connectivity index (χ0) is 23.9. The maximum absolute atomic E-state index is 11.7. The molecule has 2 aliphatic heterocycles. The molecule has 4 heterocycles. The molecule has 180 valence electrons. The largest absolute Gasteiger partial charge is 0.489 e. The van der Waals surface area contributed by atoms with E-state index in [0.717, 1.165) is 27.3 Å². The standard InChI is InChI=1S/C22H26N6O4S2/c1-14(16-9-21(29)25-10-16)32-19-8-15(7-17-22(19)33-13-26-17)18-11-24-20(12-23-18)27-3-5-28(6-4-27)34(2,30)31/h7-8,11-14,16H,3-6,9-10H2,1-2H3,(H,25,29)/t14-,16-/m1/s1. The van der Waals surface area contributed by atoms with Crippen molar-refractivity contribution in [3.05, 3.63) is 30.0 Å². The minimum atomic E-state index is -3.18. The zero-order valence-electron chi connectivity index (χ0n) is 19.0. The Labute approximate surface area is 202 Å². The summed E-state index contributed by atoms with van der Waals surface area (Å²) < 4.78 is 32.2. The van der Waals surface area contributed by atoms with Crippen molar-refractivity contribution in [1.82, 2.24) is 24.6 Å². The lowest BCUT2D eigenvalue weighted by atomic mass is 10.0. The second-order valence-corrected chi connectivity index (χ2v) is 11.5. The van der Waals surface area contributed by atoms with Crippen LogP contribution in [-0.2, 0) is 14.8 Å². The number of nitrogens with one attached hydrogen (secondary N) is 1. The normalized spacial score (nSPS) is 20.5. The van der Waals surface area contributed by atoms with Gasteiger partial charge in [-0.3, -0.25) is 9.78 Å². The van der Waals surface area contributed by atoms with Crippen LogP contribution in [0.3, 0.4) is 0 Å². The maximum atomic E-state index is 11.7. The molecule has 0 aliphatic carbocycles. The molecule has 34 heavy (non-hydrogen) atoms. The number of amides is 1. The lowest BCUT2D eigenvalue weighted by Gasteiger charge is -2.33. The van der Waals surface area contributed by atoms with Crippen LogP contribution in [0.15, 0.2) is 30.0 Å². The van der Waals surface area contributed by atoms with Crippen LogP contribution in [0.5, 0.6) is 5.75 Å². The van der Waals surface area contributed by atoms with Gasteiger partial charge in [0.25, 0.3) is 0 Å². The van der Waals surface area contributed by atoms with E-state index in [1.807, 2.05) is 24.0 Å². The Morgan fingerprint density at radius 3 is 2.59 bits per heavy atom. The summed E-state index contributed by atoms with van der Waals surface area (Å²) in [5, 5.41) is 2.86. The Hall–Kier alpha value is -2.83. The molecule has 1 N–H and O–H groups in total. The van der Waals surface area contributed by atoms with Crippen molar-refractivity contribution in [2.75, 3.05) is 43.9 Å². The van der Waals surface area contributed by atoms with E-state index in [4.69, 9.17) is 4.74 Å². The molecule has 2 aliphatic rings. The van der Waals surface area contributed by atoms with E-state index in [0.29, 0.717) is 44.8 Å². The quantitative estimate of drug-likeness (QED) is 0.542. The molecule has 3 aromatic rings. The first-order valence-corrected chi connectivity index (χ1v) is 13.8. The topological polar surface area (TPSA) is 118 Å². The highest BCUT2D eigenvalue weighted by atomic mass is 32.2. The van der Waals surface area contributed by atoms with Gasteiger partial charge in [-0.2, -0.15) is 4.31 Å². The number of sulfonamides is 1. The molecule has 5 rings (SSSR count). The van der Waals surface area contributed by atoms with Crippen molar-refractivity contribution in [2.24, 2.45) is 5.92 Å². The first-order chi connectivity index (χ1) is 16.3. The summed E-state index contributed by atoms with van der Waals surface area (Å²) in [4.78, 5) is 27.3. The van der Waals surface area contributed by atoms with Gasteiger partial charge in [-0.05, 0) is 19.1 Å². The smallest absolute Gasteiger partial charge is 0.220 e. The van der Waals surface area contributed by atoms with Crippen molar-refractivity contribution in [2.45, 2.75) is 19.4 Å². The van der Waals surface area contributed by atoms with Gasteiger partial charge >= 0.3 is 0 Å². The summed E-state index contributed by atoms with van der Waals surface area (Å²) in [7, 11) is -3.18. The maximum Gasteiger partial charge on any atom is 0.220 e. The van der Waals surface area contributed by atoms with Crippen LogP contribution in [0.1, 0.15) is 13.3 Å². The summed E-state index contributed by atoms with van der Waals surface area (Å²) >= 11 is 1.52. The van der Waals surface area contributed by atoms with Gasteiger partial charge in [-0.25, -0.2) is 18.4 Å². The molecule has 1 amide bonds. The van der Waals surface area contributed by atoms with Crippen LogP contribution < -0.4 is 15.0 Å². The van der Waals surface area contributed by atoms with Crippen LogP contribution in [0.25, 0.3) is 21.5 Å². The summed E-state index contributed by atoms with van der Waals surface area (Å²) in [6.07, 6.45) is 5.02. The average molecular weight is 503 g/mol. The monoisotopic (exact) mass is 502 g/mol. The van der Waals surface area contributed by atoms with Gasteiger partial charge in [0.15, 0.2) is 0 Å². The van der Waals surface area contributed by atoms with Crippen LogP contribution >= 0.6 is 11.3 Å². The number of thiazole rings is 1. The Morgan fingerprint density at radius 1 is 1.15 bits per heavy atom. The van der Waals surface area contributed by atoms with E-state index < -0.39 is 10.0 Å². The van der Waals surface area contributed by atoms with Crippen molar-refractivity contribution in [3.63, 3.8) is 0 Å². The summed E-state index contributed by atoms with van der Waals surface area (Å²) in [6.45, 7) is 4.62. The number of benzene rings is 1. The molecule has 2 saturated heterocycles. The SMILES string of the molecule is C[C@@H](Oc1cc(-c2cnc(N3CCN(S(C)(=O)=O)CC3)cn2)cc2ncsc12)[C@H]1CNC(=O)C1. The number of nitrogens with zero attached hydrogens (tertiary/aromatic N) is 5. The first kappa shape index (κ1) is 22.9. The van der Waals surface area contributed by atoms with E-state index in [9.17, 15) is 13.2 Å². The molecule has 12 heteroatoms. The molecule has 2 fully saturated rings. The van der Waals surface area contributed by atoms with E-state index >= 15 is 0 Å². The fourth-order valence-corrected chi connectivity index (χ4v) is 5.87. The predicted octanol–water partition coefficient (Wildman–Crippen LogP) is 1.74. The molecule has 0 unspecified atom stereocenters. The van der Waals surface area contributed by atoms with Crippen molar-refractivity contribution < 1.29 is 17.9 Å². The lowest BCUT2D eigenvalue weighted by molar-refractivity contribution is -0.119. The summed E-state index contributed by atoms with van der Waals surface area (Å²) in [5.74, 6) is 1.63. The molecule has 10 nitrogen and oxygen atoms in total. The number of piperazine rings is 1. The molecular weight excluding hydrogens is 476 g/mol. The fraction of sp³-hybridized carbons (Fsp3) is 0.455. The molecular formula is C22H26N6O4S2. The molecule has 2 atom stereocenters. The van der Waals surface area contributed by atoms with E-state index in [-0.39, 0.29) is 17.9 Å². The molecule has 0 bridgehead atoms. The number of hydrogen-bond acceptors (Lipinski definition) is 9. The number of aromatic nitrogens is 3. The second kappa shape index (κ2) is 9.08. The molecule has 0 radical (unpaired) electrons. The van der Waals surface area contributed by atoms with Gasteiger partial charge in [-0.15, -0.1) is 11.3 Å². The number of carbonyl (C=O) groups is 1. The second-order valence-electron chi connectivity index (χ2n) is 8.68. The predicted molar refractivity (Wildman–Crippen MR) is 130 cm³/mol. The molecule has 2 aromatic heterocycles. The summed E-state index contributed by atoms with van der Waals surface area (Å²) in [6, 6.07) is 3.92. The molecule has 0 spiro atoms. The van der Waals surface area contributed by atoms with Gasteiger partial charge in [0.05, 0.1) is 40.1 Å². The van der Waals surface area contributed by atoms with Gasteiger partial charge in [0.1, 0.15) is 17.7 Å². The number of fused-ring (bicyclic) bond motifs is 1. The van der Waals surface area contributed by atoms with E-state index in [1.54, 1.807) is 17.9 Å². The number of ether oxygens (including phenoxy) is 1. The Morgan fingerprint density at radius 2 is 1.94 bits per heavy atom. The fourth-order valence-electron chi connectivity index (χ4n) is 4.31. The zero-order valence-corrected chi connectivity index (χ0v) is 20.6. The van der Waals surface area contributed by atoms with Gasteiger partial charge in [0, 0.05) is 50.6 Å². The van der Waals surface area contributed by atoms with Crippen LogP contribution in [0.2, 0.25) is 0 Å². The lowest BCUT2D eigenvalue weighted by Crippen LogP contribution is -2.48. The Kier molecular flexibility index (Phi) is 6.13. The van der Waals surface area contributed by atoms with Crippen LogP contribution in [0, 0.1) is 5.92 Å². The third-order valence-corrected chi connectivity index (χ3v) is 8.51. The van der Waals surface area contributed by atoms with Crippen molar-refractivity contribution >= 4 is 43.3 Å². The third-order valence-electron chi connectivity index (χ3n) is 6.35. The Balaban J connectivity index is 1.35. The Bertz CT molecular complexity index is 1300. The van der Waals surface area contributed by atoms with Gasteiger partial charge < -0.3 is 15.0 Å². The van der Waals surface area contributed by atoms with Gasteiger partial charge in [-0.1, -0.05) is 0 Å². The number of anilines is 1. The average Bonchev–Trinajstić information content (AvgIpc) is 3.48. The molecule has 1 aromatic carbocycles. The first-order valence-electron chi connectivity index (χ1n) is 11.1. The number of hydrogen-bond donors (Lipinski definition) is 1. The van der Waals surface area contributed by atoms with Crippen molar-refractivity contribution in [1.29, 1.82) is 0 Å². The minimum Gasteiger partial charge on any atom is -0.489 e. The van der Waals surface area contributed by atoms with Crippen molar-refractivity contribution in [3.8, 4) is 17.0 Å². The van der Waals surface area contributed by atoms with E-state index in [2.05, 4.69) is 20.3 Å². The highest BCUT2D eigenvalue weighted by Crippen LogP contribution is 2.35. The highest BCUT2D eigenvalue weighted by Gasteiger charge is 2.29. The summed E-state index contributed by atoms with van der Waals surface area (Å²) in [5.41, 5.74) is 4.16. The van der Waals surface area contributed by atoms with E-state index in [1.165, 1.54) is 21.9 Å². The highest BCUT2D eigenvalue weighted by molar-refractivity contribution is 7.88. The number of rotatable bonds is 6. The third kappa shape index (κ3) is 4.70.